The summed E-state index contributed by atoms with van der Waals surface area (Å²) in [6, 6.07) is 8.48. The number of ether oxygens (including phenoxy) is 2. The van der Waals surface area contributed by atoms with Gasteiger partial charge in [0.1, 0.15) is 0 Å². The molecule has 0 spiro atoms. The summed E-state index contributed by atoms with van der Waals surface area (Å²) in [4.78, 5) is 4.78. The van der Waals surface area contributed by atoms with E-state index in [4.69, 9.17) is 9.47 Å². The number of aliphatic hydroxyl groups excluding tert-OH is 1. The van der Waals surface area contributed by atoms with Crippen molar-refractivity contribution < 1.29 is 14.6 Å². The molecule has 2 rings (SSSR count). The fourth-order valence-corrected chi connectivity index (χ4v) is 3.03. The molecule has 5 heteroatoms. The number of aryl methyl sites for hydroxylation is 1. The van der Waals surface area contributed by atoms with E-state index < -0.39 is 6.10 Å². The van der Waals surface area contributed by atoms with Crippen LogP contribution in [0.1, 0.15) is 25.0 Å². The van der Waals surface area contributed by atoms with Crippen molar-refractivity contribution in [2.24, 2.45) is 0 Å². The van der Waals surface area contributed by atoms with E-state index in [1.807, 2.05) is 13.8 Å². The monoisotopic (exact) mass is 350 g/mol. The van der Waals surface area contributed by atoms with E-state index in [0.29, 0.717) is 13.2 Å². The molecule has 1 aromatic rings. The van der Waals surface area contributed by atoms with E-state index in [2.05, 4.69) is 41.0 Å². The van der Waals surface area contributed by atoms with Gasteiger partial charge in [0.15, 0.2) is 0 Å². The van der Waals surface area contributed by atoms with Gasteiger partial charge in [-0.2, -0.15) is 0 Å². The summed E-state index contributed by atoms with van der Waals surface area (Å²) in [5, 5.41) is 10.4. The molecule has 0 bridgehead atoms. The third-order valence-corrected chi connectivity index (χ3v) is 4.58. The molecular formula is C20H34N2O3. The maximum absolute atomic E-state index is 10.4. The molecule has 0 saturated carbocycles. The lowest BCUT2D eigenvalue weighted by molar-refractivity contribution is -0.0129. The molecule has 1 atom stereocenters. The fraction of sp³-hybridized carbons (Fsp3) is 0.700. The number of hydrogen-bond donors (Lipinski definition) is 1. The first kappa shape index (κ1) is 20.3. The number of morpholine rings is 1. The van der Waals surface area contributed by atoms with Crippen molar-refractivity contribution in [1.29, 1.82) is 0 Å². The zero-order valence-corrected chi connectivity index (χ0v) is 16.0. The number of aliphatic hydroxyl groups is 1. The topological polar surface area (TPSA) is 45.2 Å². The highest BCUT2D eigenvalue weighted by Crippen LogP contribution is 2.11. The Balaban J connectivity index is 1.90. The standard InChI is InChI=1S/C20H34N2O3/c1-17(2)25-16-20(23)15-22(9-8-21-10-12-24-13-11-21)14-19-7-5-4-6-18(19)3/h4-7,17,20,23H,8-16H2,1-3H3/t20-/m1/s1. The van der Waals surface area contributed by atoms with Gasteiger partial charge in [0.05, 0.1) is 32.0 Å². The van der Waals surface area contributed by atoms with Crippen molar-refractivity contribution in [1.82, 2.24) is 9.80 Å². The predicted octanol–water partition coefficient (Wildman–Crippen LogP) is 1.92. The number of benzene rings is 1. The molecule has 1 saturated heterocycles. The summed E-state index contributed by atoms with van der Waals surface area (Å²) in [7, 11) is 0. The lowest BCUT2D eigenvalue weighted by Crippen LogP contribution is -2.43. The summed E-state index contributed by atoms with van der Waals surface area (Å²) >= 11 is 0. The van der Waals surface area contributed by atoms with Crippen LogP contribution in [0, 0.1) is 6.92 Å². The Hall–Kier alpha value is -0.980. The van der Waals surface area contributed by atoms with Crippen LogP contribution in [0.2, 0.25) is 0 Å². The third kappa shape index (κ3) is 7.84. The van der Waals surface area contributed by atoms with Gasteiger partial charge >= 0.3 is 0 Å². The van der Waals surface area contributed by atoms with Gasteiger partial charge in [-0.05, 0) is 31.9 Å². The minimum Gasteiger partial charge on any atom is -0.389 e. The predicted molar refractivity (Wildman–Crippen MR) is 101 cm³/mol. The van der Waals surface area contributed by atoms with Crippen LogP contribution in [-0.2, 0) is 16.0 Å². The van der Waals surface area contributed by atoms with Crippen LogP contribution in [0.15, 0.2) is 24.3 Å². The summed E-state index contributed by atoms with van der Waals surface area (Å²) in [6.45, 7) is 13.6. The highest BCUT2D eigenvalue weighted by atomic mass is 16.5. The highest BCUT2D eigenvalue weighted by molar-refractivity contribution is 5.25. The first-order valence-electron chi connectivity index (χ1n) is 9.41. The fourth-order valence-electron chi connectivity index (χ4n) is 3.03. The van der Waals surface area contributed by atoms with Crippen molar-refractivity contribution in [3.63, 3.8) is 0 Å². The normalized spacial score (nSPS) is 17.4. The zero-order valence-electron chi connectivity index (χ0n) is 16.0. The van der Waals surface area contributed by atoms with Gasteiger partial charge in [-0.3, -0.25) is 9.80 Å². The molecule has 1 fully saturated rings. The van der Waals surface area contributed by atoms with Crippen molar-refractivity contribution in [2.75, 3.05) is 52.5 Å². The molecule has 0 aliphatic carbocycles. The second-order valence-corrected chi connectivity index (χ2v) is 7.15. The maximum atomic E-state index is 10.4. The first-order valence-corrected chi connectivity index (χ1v) is 9.41. The van der Waals surface area contributed by atoms with Crippen LogP contribution in [0.5, 0.6) is 0 Å². The van der Waals surface area contributed by atoms with Crippen molar-refractivity contribution in [2.45, 2.75) is 39.5 Å². The first-order chi connectivity index (χ1) is 12.0. The molecule has 142 valence electrons. The average molecular weight is 351 g/mol. The Morgan fingerprint density at radius 2 is 1.96 bits per heavy atom. The van der Waals surface area contributed by atoms with E-state index in [1.54, 1.807) is 0 Å². The van der Waals surface area contributed by atoms with Crippen molar-refractivity contribution >= 4 is 0 Å². The molecule has 0 aromatic heterocycles. The number of hydrogen-bond acceptors (Lipinski definition) is 5. The second-order valence-electron chi connectivity index (χ2n) is 7.15. The Labute approximate surface area is 152 Å². The highest BCUT2D eigenvalue weighted by Gasteiger charge is 2.16. The molecule has 1 aromatic carbocycles. The van der Waals surface area contributed by atoms with Crippen LogP contribution >= 0.6 is 0 Å². The van der Waals surface area contributed by atoms with E-state index >= 15 is 0 Å². The summed E-state index contributed by atoms with van der Waals surface area (Å²) < 4.78 is 11.0. The van der Waals surface area contributed by atoms with Crippen LogP contribution < -0.4 is 0 Å². The minimum absolute atomic E-state index is 0.146. The molecule has 1 aliphatic heterocycles. The van der Waals surface area contributed by atoms with Gasteiger partial charge in [0.2, 0.25) is 0 Å². The SMILES string of the molecule is Cc1ccccc1CN(CCN1CCOCC1)C[C@@H](O)COC(C)C. The summed E-state index contributed by atoms with van der Waals surface area (Å²) in [5.41, 5.74) is 2.62. The molecule has 0 radical (unpaired) electrons. The third-order valence-electron chi connectivity index (χ3n) is 4.58. The van der Waals surface area contributed by atoms with Gasteiger partial charge in [0, 0.05) is 39.3 Å². The minimum atomic E-state index is -0.462. The average Bonchev–Trinajstić information content (AvgIpc) is 2.60. The molecule has 5 nitrogen and oxygen atoms in total. The number of rotatable bonds is 10. The molecular weight excluding hydrogens is 316 g/mol. The van der Waals surface area contributed by atoms with Gasteiger partial charge in [-0.15, -0.1) is 0 Å². The van der Waals surface area contributed by atoms with Crippen LogP contribution in [0.3, 0.4) is 0 Å². The Bertz CT molecular complexity index is 490. The van der Waals surface area contributed by atoms with E-state index in [-0.39, 0.29) is 6.10 Å². The van der Waals surface area contributed by atoms with Crippen molar-refractivity contribution in [3.8, 4) is 0 Å². The van der Waals surface area contributed by atoms with Crippen molar-refractivity contribution in [3.05, 3.63) is 35.4 Å². The lowest BCUT2D eigenvalue weighted by Gasteiger charge is -2.31. The van der Waals surface area contributed by atoms with Crippen LogP contribution in [0.25, 0.3) is 0 Å². The zero-order chi connectivity index (χ0) is 18.1. The van der Waals surface area contributed by atoms with Crippen LogP contribution in [-0.4, -0.2) is 79.7 Å². The largest absolute Gasteiger partial charge is 0.389 e. The van der Waals surface area contributed by atoms with E-state index in [9.17, 15) is 5.11 Å². The Morgan fingerprint density at radius 3 is 2.64 bits per heavy atom. The Morgan fingerprint density at radius 1 is 1.24 bits per heavy atom. The summed E-state index contributed by atoms with van der Waals surface area (Å²) in [5.74, 6) is 0. The molecule has 1 heterocycles. The molecule has 1 N–H and O–H groups in total. The lowest BCUT2D eigenvalue weighted by atomic mass is 10.1. The molecule has 1 aliphatic rings. The van der Waals surface area contributed by atoms with E-state index in [0.717, 1.165) is 45.9 Å². The van der Waals surface area contributed by atoms with Gasteiger partial charge < -0.3 is 14.6 Å². The molecule has 0 amide bonds. The van der Waals surface area contributed by atoms with Crippen LogP contribution in [0.4, 0.5) is 0 Å². The molecule has 0 unspecified atom stereocenters. The molecule has 25 heavy (non-hydrogen) atoms. The maximum Gasteiger partial charge on any atom is 0.0900 e. The number of nitrogens with zero attached hydrogens (tertiary/aromatic N) is 2. The Kier molecular flexibility index (Phi) is 8.85. The second kappa shape index (κ2) is 10.9. The van der Waals surface area contributed by atoms with E-state index in [1.165, 1.54) is 11.1 Å². The smallest absolute Gasteiger partial charge is 0.0900 e. The van der Waals surface area contributed by atoms with Gasteiger partial charge in [0.25, 0.3) is 0 Å². The summed E-state index contributed by atoms with van der Waals surface area (Å²) in [6.07, 6.45) is -0.316. The van der Waals surface area contributed by atoms with Gasteiger partial charge in [-0.25, -0.2) is 0 Å². The quantitative estimate of drug-likeness (QED) is 0.698. The van der Waals surface area contributed by atoms with Gasteiger partial charge in [-0.1, -0.05) is 24.3 Å².